The second-order valence-electron chi connectivity index (χ2n) is 14.4. The molecule has 7 rings (SSSR count). The normalized spacial score (nSPS) is 11.7. The van der Waals surface area contributed by atoms with E-state index < -0.39 is 0 Å². The summed E-state index contributed by atoms with van der Waals surface area (Å²) in [6, 6.07) is 58.3. The Morgan fingerprint density at radius 2 is 0.636 bits per heavy atom. The van der Waals surface area contributed by atoms with Gasteiger partial charge in [0, 0.05) is 0 Å². The van der Waals surface area contributed by atoms with Crippen molar-refractivity contribution in [2.75, 3.05) is 0 Å². The van der Waals surface area contributed by atoms with E-state index in [9.17, 15) is 0 Å². The first-order valence-electron chi connectivity index (χ1n) is 19.2. The van der Waals surface area contributed by atoms with Crippen molar-refractivity contribution in [2.24, 2.45) is 0 Å². The van der Waals surface area contributed by atoms with Crippen molar-refractivity contribution < 1.29 is 0 Å². The van der Waals surface area contributed by atoms with Gasteiger partial charge in [-0.1, -0.05) is 188 Å². The van der Waals surface area contributed by atoms with Crippen LogP contribution in [0, 0.1) is 34.6 Å². The predicted molar refractivity (Wildman–Crippen MR) is 241 cm³/mol. The Morgan fingerprint density at radius 1 is 0.309 bits per heavy atom. The van der Waals surface area contributed by atoms with Crippen LogP contribution in [0.15, 0.2) is 164 Å². The van der Waals surface area contributed by atoms with Crippen molar-refractivity contribution in [3.63, 3.8) is 0 Å². The molecular weight excluding hydrogens is 661 g/mol. The fourth-order valence-electron chi connectivity index (χ4n) is 7.35. The highest BCUT2D eigenvalue weighted by molar-refractivity contribution is 5.93. The lowest BCUT2D eigenvalue weighted by Gasteiger charge is -2.17. The van der Waals surface area contributed by atoms with E-state index in [0.717, 1.165) is 0 Å². The van der Waals surface area contributed by atoms with Crippen molar-refractivity contribution in [1.29, 1.82) is 0 Å². The van der Waals surface area contributed by atoms with Gasteiger partial charge in [-0.15, -0.1) is 0 Å². The van der Waals surface area contributed by atoms with Crippen LogP contribution in [0.4, 0.5) is 0 Å². The average molecular weight is 709 g/mol. The van der Waals surface area contributed by atoms with Gasteiger partial charge in [-0.05, 0) is 141 Å². The first kappa shape index (κ1) is 36.8. The Labute approximate surface area is 328 Å². The third-order valence-corrected chi connectivity index (χ3v) is 10.8. The van der Waals surface area contributed by atoms with Gasteiger partial charge in [0.1, 0.15) is 0 Å². The van der Waals surface area contributed by atoms with Crippen LogP contribution >= 0.6 is 0 Å². The zero-order valence-electron chi connectivity index (χ0n) is 32.6. The molecule has 0 saturated heterocycles. The number of hydrogen-bond donors (Lipinski definition) is 0. The van der Waals surface area contributed by atoms with Gasteiger partial charge in [0.2, 0.25) is 0 Å². The topological polar surface area (TPSA) is 0 Å². The lowest BCUT2D eigenvalue weighted by Crippen LogP contribution is -1.99. The van der Waals surface area contributed by atoms with E-state index in [-0.39, 0.29) is 0 Å². The van der Waals surface area contributed by atoms with Crippen LogP contribution in [-0.2, 0) is 0 Å². The minimum absolute atomic E-state index is 1.18. The van der Waals surface area contributed by atoms with Gasteiger partial charge < -0.3 is 0 Å². The Balaban J connectivity index is 1.10. The number of benzene rings is 7. The van der Waals surface area contributed by atoms with Crippen molar-refractivity contribution >= 4 is 47.6 Å². The van der Waals surface area contributed by atoms with Gasteiger partial charge in [-0.25, -0.2) is 0 Å². The third-order valence-electron chi connectivity index (χ3n) is 10.8. The van der Waals surface area contributed by atoms with Gasteiger partial charge in [-0.2, -0.15) is 0 Å². The number of hydrogen-bond acceptors (Lipinski definition) is 0. The van der Waals surface area contributed by atoms with E-state index in [0.29, 0.717) is 0 Å². The van der Waals surface area contributed by atoms with Crippen LogP contribution in [0.25, 0.3) is 47.6 Å². The molecule has 7 aromatic rings. The molecule has 0 unspecified atom stereocenters. The van der Waals surface area contributed by atoms with E-state index in [4.69, 9.17) is 0 Å². The lowest BCUT2D eigenvalue weighted by atomic mass is 9.88. The van der Waals surface area contributed by atoms with Gasteiger partial charge in [0.25, 0.3) is 0 Å². The molecule has 55 heavy (non-hydrogen) atoms. The van der Waals surface area contributed by atoms with E-state index in [1.165, 1.54) is 94.6 Å². The van der Waals surface area contributed by atoms with Crippen LogP contribution < -0.4 is 0 Å². The number of rotatable bonds is 10. The standard InChI is InChI=1S/C55H48/c1-39-17-15-16-24-51(39)55(50-22-13-8-14-23-50)38-47-31-27-45(28-32-47)34-36-53-42(4)40(2)52(41(3)43(53)5)35-33-44-25-29-46(30-26-44)37-54(48-18-9-6-10-19-48)49-20-11-7-12-21-49/h6-38H,1-5H3/b35-33+,36-34+,55-38+. The Kier molecular flexibility index (Phi) is 11.5. The fraction of sp³-hybridized carbons (Fsp3) is 0.0909. The third kappa shape index (κ3) is 8.67. The monoisotopic (exact) mass is 708 g/mol. The van der Waals surface area contributed by atoms with Crippen LogP contribution in [0.5, 0.6) is 0 Å². The van der Waals surface area contributed by atoms with Crippen molar-refractivity contribution in [3.8, 4) is 0 Å². The van der Waals surface area contributed by atoms with Crippen molar-refractivity contribution in [1.82, 2.24) is 0 Å². The van der Waals surface area contributed by atoms with Crippen LogP contribution in [-0.4, -0.2) is 0 Å². The molecule has 0 fully saturated rings. The highest BCUT2D eigenvalue weighted by Crippen LogP contribution is 2.32. The summed E-state index contributed by atoms with van der Waals surface area (Å²) in [5.41, 5.74) is 21.2. The maximum atomic E-state index is 2.30. The zero-order valence-corrected chi connectivity index (χ0v) is 32.6. The molecule has 0 saturated carbocycles. The maximum Gasteiger partial charge on any atom is -0.0103 e. The van der Waals surface area contributed by atoms with E-state index in [1.807, 2.05) is 0 Å². The SMILES string of the molecule is Cc1ccccc1/C(=C/c1ccc(/C=C/c2c(C)c(C)c(/C=C/c3ccc(C=C(c4ccccc4)c4ccccc4)cc3)c(C)c2C)cc1)c1ccccc1. The molecule has 0 heteroatoms. The Hall–Kier alpha value is -6.50. The molecule has 0 nitrogen and oxygen atoms in total. The molecule has 0 atom stereocenters. The molecule has 0 radical (unpaired) electrons. The molecule has 268 valence electrons. The molecule has 0 aromatic heterocycles. The predicted octanol–water partition coefficient (Wildman–Crippen LogP) is 14.7. The van der Waals surface area contributed by atoms with Crippen molar-refractivity contribution in [2.45, 2.75) is 34.6 Å². The van der Waals surface area contributed by atoms with Gasteiger partial charge >= 0.3 is 0 Å². The molecule has 0 amide bonds. The minimum atomic E-state index is 1.18. The smallest absolute Gasteiger partial charge is 0.0103 e. The fourth-order valence-corrected chi connectivity index (χ4v) is 7.35. The summed E-state index contributed by atoms with van der Waals surface area (Å²) in [6.07, 6.45) is 13.6. The minimum Gasteiger partial charge on any atom is -0.0622 e. The summed E-state index contributed by atoms with van der Waals surface area (Å²) in [5, 5.41) is 0. The summed E-state index contributed by atoms with van der Waals surface area (Å²) in [7, 11) is 0. The van der Waals surface area contributed by atoms with Crippen LogP contribution in [0.2, 0.25) is 0 Å². The second kappa shape index (κ2) is 17.1. The first-order valence-corrected chi connectivity index (χ1v) is 19.2. The summed E-state index contributed by atoms with van der Waals surface area (Å²) in [5.74, 6) is 0. The Morgan fingerprint density at radius 3 is 1.04 bits per heavy atom. The Bertz CT molecular complexity index is 2440. The highest BCUT2D eigenvalue weighted by atomic mass is 14.2. The molecule has 0 N–H and O–H groups in total. The van der Waals surface area contributed by atoms with E-state index in [2.05, 4.69) is 235 Å². The van der Waals surface area contributed by atoms with Gasteiger partial charge in [0.05, 0.1) is 0 Å². The molecule has 0 bridgehead atoms. The molecule has 0 heterocycles. The summed E-state index contributed by atoms with van der Waals surface area (Å²) < 4.78 is 0. The summed E-state index contributed by atoms with van der Waals surface area (Å²) in [4.78, 5) is 0. The van der Waals surface area contributed by atoms with E-state index in [1.54, 1.807) is 0 Å². The van der Waals surface area contributed by atoms with Crippen molar-refractivity contribution in [3.05, 3.63) is 247 Å². The first-order chi connectivity index (χ1) is 26.9. The quantitative estimate of drug-likeness (QED) is 0.124. The zero-order chi connectivity index (χ0) is 38.1. The molecule has 0 aliphatic rings. The molecule has 0 spiro atoms. The van der Waals surface area contributed by atoms with E-state index >= 15 is 0 Å². The highest BCUT2D eigenvalue weighted by Gasteiger charge is 2.12. The van der Waals surface area contributed by atoms with Crippen LogP contribution in [0.1, 0.15) is 83.5 Å². The molecule has 0 aliphatic heterocycles. The molecule has 0 aliphatic carbocycles. The lowest BCUT2D eigenvalue weighted by molar-refractivity contribution is 1.21. The summed E-state index contributed by atoms with van der Waals surface area (Å²) >= 11 is 0. The molecule has 7 aromatic carbocycles. The van der Waals surface area contributed by atoms with Gasteiger partial charge in [-0.3, -0.25) is 0 Å². The van der Waals surface area contributed by atoms with Crippen LogP contribution in [0.3, 0.4) is 0 Å². The summed E-state index contributed by atoms with van der Waals surface area (Å²) in [6.45, 7) is 11.2. The average Bonchev–Trinajstić information content (AvgIpc) is 3.23. The van der Waals surface area contributed by atoms with Gasteiger partial charge in [0.15, 0.2) is 0 Å². The second-order valence-corrected chi connectivity index (χ2v) is 14.4. The molecular formula is C55H48. The largest absolute Gasteiger partial charge is 0.0622 e. The maximum absolute atomic E-state index is 2.30. The number of aryl methyl sites for hydroxylation is 1.